The summed E-state index contributed by atoms with van der Waals surface area (Å²) < 4.78 is 14.6. The number of hydrogen-bond donors (Lipinski definition) is 3. The van der Waals surface area contributed by atoms with Crippen molar-refractivity contribution >= 4 is 29.1 Å². The van der Waals surface area contributed by atoms with Gasteiger partial charge in [0.2, 0.25) is 11.8 Å². The second-order valence-electron chi connectivity index (χ2n) is 6.55. The maximum atomic E-state index is 14.6. The molecule has 0 bridgehead atoms. The molecular weight excluding hydrogens is 369 g/mol. The highest BCUT2D eigenvalue weighted by Gasteiger charge is 2.22. The molecule has 150 valence electrons. The van der Waals surface area contributed by atoms with Crippen molar-refractivity contribution in [1.82, 2.24) is 9.97 Å². The van der Waals surface area contributed by atoms with E-state index in [2.05, 4.69) is 26.9 Å². The van der Waals surface area contributed by atoms with Crippen LogP contribution in [0.1, 0.15) is 18.9 Å². The quantitative estimate of drug-likeness (QED) is 0.730. The number of allylic oxidation sites excluding steroid dienone is 2. The Morgan fingerprint density at radius 3 is 2.62 bits per heavy atom. The van der Waals surface area contributed by atoms with Crippen LogP contribution in [0.15, 0.2) is 65.5 Å². The highest BCUT2D eigenvalue weighted by Crippen LogP contribution is 2.27. The Morgan fingerprint density at radius 1 is 1.21 bits per heavy atom. The average Bonchev–Trinajstić information content (AvgIpc) is 2.75. The molecule has 3 rings (SSSR count). The summed E-state index contributed by atoms with van der Waals surface area (Å²) in [6.45, 7) is 8.42. The summed E-state index contributed by atoms with van der Waals surface area (Å²) in [5.41, 5.74) is 14.6. The van der Waals surface area contributed by atoms with Gasteiger partial charge in [-0.05, 0) is 31.2 Å². The molecule has 0 fully saturated rings. The van der Waals surface area contributed by atoms with Crippen LogP contribution in [0.5, 0.6) is 0 Å². The van der Waals surface area contributed by atoms with E-state index in [1.807, 2.05) is 44.2 Å². The highest BCUT2D eigenvalue weighted by molar-refractivity contribution is 5.99. The topological polar surface area (TPSA) is 105 Å². The molecular formula is C21H24FN7. The Labute approximate surface area is 169 Å². The van der Waals surface area contributed by atoms with Gasteiger partial charge in [0.1, 0.15) is 5.84 Å². The van der Waals surface area contributed by atoms with Gasteiger partial charge in [0.15, 0.2) is 11.6 Å². The summed E-state index contributed by atoms with van der Waals surface area (Å²) in [7, 11) is 0. The first-order valence-corrected chi connectivity index (χ1v) is 9.21. The number of rotatable bonds is 4. The van der Waals surface area contributed by atoms with Crippen LogP contribution in [0.25, 0.3) is 0 Å². The third kappa shape index (κ3) is 4.60. The Kier molecular flexibility index (Phi) is 5.92. The van der Waals surface area contributed by atoms with E-state index >= 15 is 0 Å². The van der Waals surface area contributed by atoms with Gasteiger partial charge in [-0.25, -0.2) is 0 Å². The molecule has 0 aliphatic carbocycles. The number of nitrogen functional groups attached to an aromatic ring is 1. The minimum Gasteiger partial charge on any atom is -0.399 e. The Balaban J connectivity index is 2.07. The molecule has 0 unspecified atom stereocenters. The SMILES string of the molecule is C=C1/C=C(N)\C=C/CN=C(CC)N1c1nc(N)c(F)c(Nc2ccc(C)cc2)n1. The summed E-state index contributed by atoms with van der Waals surface area (Å²) in [5.74, 6) is -0.207. The fraction of sp³-hybridized carbons (Fsp3) is 0.190. The number of halogens is 1. The van der Waals surface area contributed by atoms with Crippen LogP contribution < -0.4 is 21.7 Å². The molecule has 1 aliphatic heterocycles. The van der Waals surface area contributed by atoms with Gasteiger partial charge in [-0.2, -0.15) is 14.4 Å². The number of benzene rings is 1. The Morgan fingerprint density at radius 2 is 1.93 bits per heavy atom. The normalized spacial score (nSPS) is 17.5. The molecule has 5 N–H and O–H groups in total. The Hall–Kier alpha value is -3.68. The van der Waals surface area contributed by atoms with E-state index in [1.54, 1.807) is 17.1 Å². The minimum atomic E-state index is -0.726. The van der Waals surface area contributed by atoms with Gasteiger partial charge in [-0.3, -0.25) is 9.89 Å². The van der Waals surface area contributed by atoms with E-state index in [0.717, 1.165) is 5.56 Å². The van der Waals surface area contributed by atoms with E-state index in [-0.39, 0.29) is 17.6 Å². The maximum Gasteiger partial charge on any atom is 0.239 e. The average molecular weight is 393 g/mol. The van der Waals surface area contributed by atoms with E-state index in [1.165, 1.54) is 0 Å². The number of aromatic nitrogens is 2. The lowest BCUT2D eigenvalue weighted by Crippen LogP contribution is -2.31. The molecule has 2 aromatic rings. The summed E-state index contributed by atoms with van der Waals surface area (Å²) >= 11 is 0. The maximum absolute atomic E-state index is 14.6. The summed E-state index contributed by atoms with van der Waals surface area (Å²) in [4.78, 5) is 14.7. The van der Waals surface area contributed by atoms with Crippen LogP contribution in [-0.2, 0) is 0 Å². The molecule has 1 aromatic carbocycles. The molecule has 8 heteroatoms. The van der Waals surface area contributed by atoms with Gasteiger partial charge in [0.25, 0.3) is 0 Å². The fourth-order valence-electron chi connectivity index (χ4n) is 2.81. The summed E-state index contributed by atoms with van der Waals surface area (Å²) in [6.07, 6.45) is 5.88. The molecule has 0 spiro atoms. The van der Waals surface area contributed by atoms with Crippen LogP contribution in [0.4, 0.5) is 27.7 Å². The number of nitrogens with zero attached hydrogens (tertiary/aromatic N) is 4. The Bertz CT molecular complexity index is 1010. The van der Waals surface area contributed by atoms with Gasteiger partial charge in [0, 0.05) is 23.5 Å². The molecule has 0 saturated heterocycles. The van der Waals surface area contributed by atoms with Gasteiger partial charge >= 0.3 is 0 Å². The summed E-state index contributed by atoms with van der Waals surface area (Å²) in [6, 6.07) is 7.50. The second-order valence-corrected chi connectivity index (χ2v) is 6.55. The third-order valence-corrected chi connectivity index (χ3v) is 4.26. The van der Waals surface area contributed by atoms with Crippen molar-refractivity contribution in [2.24, 2.45) is 10.7 Å². The first-order chi connectivity index (χ1) is 13.9. The number of hydrogen-bond acceptors (Lipinski definition) is 7. The molecule has 0 saturated carbocycles. The van der Waals surface area contributed by atoms with Crippen LogP contribution in [0, 0.1) is 12.7 Å². The number of aryl methyl sites for hydroxylation is 1. The molecule has 0 atom stereocenters. The van der Waals surface area contributed by atoms with Crippen molar-refractivity contribution in [2.75, 3.05) is 22.5 Å². The highest BCUT2D eigenvalue weighted by atomic mass is 19.1. The predicted molar refractivity (Wildman–Crippen MR) is 116 cm³/mol. The van der Waals surface area contributed by atoms with Gasteiger partial charge < -0.3 is 16.8 Å². The monoisotopic (exact) mass is 393 g/mol. The number of nitrogens with two attached hydrogens (primary N) is 2. The molecule has 29 heavy (non-hydrogen) atoms. The van der Waals surface area contributed by atoms with Crippen molar-refractivity contribution in [3.8, 4) is 0 Å². The lowest BCUT2D eigenvalue weighted by Gasteiger charge is -2.25. The van der Waals surface area contributed by atoms with Crippen molar-refractivity contribution < 1.29 is 4.39 Å². The lowest BCUT2D eigenvalue weighted by molar-refractivity contribution is 0.625. The van der Waals surface area contributed by atoms with Crippen molar-refractivity contribution in [3.63, 3.8) is 0 Å². The van der Waals surface area contributed by atoms with Crippen molar-refractivity contribution in [1.29, 1.82) is 0 Å². The number of nitrogens with one attached hydrogen (secondary N) is 1. The van der Waals surface area contributed by atoms with Crippen LogP contribution in [0.2, 0.25) is 0 Å². The fourth-order valence-corrected chi connectivity index (χ4v) is 2.81. The minimum absolute atomic E-state index is 0.0328. The van der Waals surface area contributed by atoms with Gasteiger partial charge in [-0.15, -0.1) is 0 Å². The first-order valence-electron chi connectivity index (χ1n) is 9.21. The zero-order chi connectivity index (χ0) is 21.0. The van der Waals surface area contributed by atoms with E-state index in [4.69, 9.17) is 11.5 Å². The molecule has 2 heterocycles. The van der Waals surface area contributed by atoms with Gasteiger partial charge in [-0.1, -0.05) is 37.3 Å². The predicted octanol–water partition coefficient (Wildman–Crippen LogP) is 3.79. The standard InChI is InChI=1S/C21H24FN7/c1-4-17-25-11-5-6-15(23)12-14(3)29(17)21-27-19(24)18(22)20(28-21)26-16-9-7-13(2)8-10-16/h5-10,12H,3-4,11,23H2,1-2H3,(H3,24,26,27,28)/b6-5-,15-12+,25-17?. The first kappa shape index (κ1) is 20.1. The van der Waals surface area contributed by atoms with E-state index < -0.39 is 5.82 Å². The molecule has 1 aromatic heterocycles. The second kappa shape index (κ2) is 8.55. The van der Waals surface area contributed by atoms with E-state index in [0.29, 0.717) is 35.9 Å². The third-order valence-electron chi connectivity index (χ3n) is 4.26. The van der Waals surface area contributed by atoms with Crippen LogP contribution in [0.3, 0.4) is 0 Å². The molecule has 1 aliphatic rings. The van der Waals surface area contributed by atoms with Gasteiger partial charge in [0.05, 0.1) is 6.54 Å². The van der Waals surface area contributed by atoms with Crippen molar-refractivity contribution in [2.45, 2.75) is 20.3 Å². The largest absolute Gasteiger partial charge is 0.399 e. The number of anilines is 4. The van der Waals surface area contributed by atoms with Crippen molar-refractivity contribution in [3.05, 3.63) is 71.8 Å². The zero-order valence-electron chi connectivity index (χ0n) is 16.5. The van der Waals surface area contributed by atoms with E-state index in [9.17, 15) is 4.39 Å². The number of aliphatic imine (C=N–C) groups is 1. The smallest absolute Gasteiger partial charge is 0.239 e. The molecule has 0 amide bonds. The molecule has 0 radical (unpaired) electrons. The zero-order valence-corrected chi connectivity index (χ0v) is 16.5. The van der Waals surface area contributed by atoms with Crippen LogP contribution in [-0.4, -0.2) is 22.3 Å². The summed E-state index contributed by atoms with van der Waals surface area (Å²) in [5, 5.41) is 2.96. The lowest BCUT2D eigenvalue weighted by atomic mass is 10.2. The van der Waals surface area contributed by atoms with Crippen LogP contribution >= 0.6 is 0 Å². The molecule has 7 nitrogen and oxygen atoms in total. The number of amidine groups is 1.